The van der Waals surface area contributed by atoms with E-state index in [1.165, 1.54) is 29.7 Å². The van der Waals surface area contributed by atoms with Gasteiger partial charge in [0.25, 0.3) is 0 Å². The van der Waals surface area contributed by atoms with Crippen LogP contribution >= 0.6 is 11.8 Å². The molecule has 0 aliphatic heterocycles. The molecule has 2 rings (SSSR count). The first-order valence-corrected chi connectivity index (χ1v) is 14.6. The lowest BCUT2D eigenvalue weighted by atomic mass is 9.87. The molecule has 6 heteroatoms. The van der Waals surface area contributed by atoms with Crippen LogP contribution in [0.3, 0.4) is 0 Å². The van der Waals surface area contributed by atoms with Gasteiger partial charge in [-0.1, -0.05) is 64.2 Å². The Kier molecular flexibility index (Phi) is 15.1. The maximum Gasteiger partial charge on any atom is 0.119 e. The average molecular weight is 512 g/mol. The van der Waals surface area contributed by atoms with E-state index in [4.69, 9.17) is 22.1 Å². The van der Waals surface area contributed by atoms with Gasteiger partial charge in [-0.25, -0.2) is 0 Å². The number of hydrogen-bond acceptors (Lipinski definition) is 5. The van der Waals surface area contributed by atoms with Gasteiger partial charge < -0.3 is 14.2 Å². The van der Waals surface area contributed by atoms with Crippen LogP contribution in [0.2, 0.25) is 6.32 Å². The van der Waals surface area contributed by atoms with Crippen LogP contribution in [0.4, 0.5) is 0 Å². The fourth-order valence-electron chi connectivity index (χ4n) is 3.72. The summed E-state index contributed by atoms with van der Waals surface area (Å²) >= 11 is 2.05. The summed E-state index contributed by atoms with van der Waals surface area (Å²) in [5, 5.41) is 0. The molecule has 0 atom stereocenters. The van der Waals surface area contributed by atoms with Crippen molar-refractivity contribution in [1.82, 2.24) is 4.90 Å². The second kappa shape index (κ2) is 17.8. The van der Waals surface area contributed by atoms with E-state index in [-0.39, 0.29) is 5.41 Å². The molecule has 198 valence electrons. The Morgan fingerprint density at radius 1 is 0.833 bits per heavy atom. The lowest BCUT2D eigenvalue weighted by Crippen LogP contribution is -2.23. The Labute approximate surface area is 225 Å². The Hall–Kier alpha value is -1.63. The molecule has 0 N–H and O–H groups in total. The molecule has 0 bridgehead atoms. The minimum atomic E-state index is 0.173. The first-order chi connectivity index (χ1) is 17.4. The van der Waals surface area contributed by atoms with Gasteiger partial charge in [0.15, 0.2) is 0 Å². The monoisotopic (exact) mass is 511 g/mol. The van der Waals surface area contributed by atoms with Crippen molar-refractivity contribution in [2.45, 2.75) is 64.7 Å². The van der Waals surface area contributed by atoms with E-state index < -0.39 is 0 Å². The predicted octanol–water partition coefficient (Wildman–Crippen LogP) is 6.77. The van der Waals surface area contributed by atoms with Gasteiger partial charge in [-0.3, -0.25) is 4.90 Å². The van der Waals surface area contributed by atoms with E-state index >= 15 is 0 Å². The molecule has 0 aromatic heterocycles. The molecule has 0 heterocycles. The first-order valence-electron chi connectivity index (χ1n) is 13.4. The van der Waals surface area contributed by atoms with Crippen molar-refractivity contribution in [2.75, 3.05) is 51.5 Å². The van der Waals surface area contributed by atoms with E-state index in [0.29, 0.717) is 19.8 Å². The Morgan fingerprint density at radius 3 is 2.17 bits per heavy atom. The zero-order chi connectivity index (χ0) is 26.1. The normalized spacial score (nSPS) is 11.7. The van der Waals surface area contributed by atoms with Crippen LogP contribution in [0.15, 0.2) is 48.5 Å². The van der Waals surface area contributed by atoms with Gasteiger partial charge >= 0.3 is 0 Å². The molecule has 0 spiro atoms. The highest BCUT2D eigenvalue weighted by Gasteiger charge is 2.20. The number of nitrogens with zero attached hydrogens (tertiary/aromatic N) is 1. The zero-order valence-corrected chi connectivity index (χ0v) is 23.8. The largest absolute Gasteiger partial charge is 0.494 e. The summed E-state index contributed by atoms with van der Waals surface area (Å²) in [7, 11) is 7.63. The summed E-state index contributed by atoms with van der Waals surface area (Å²) in [4.78, 5) is 2.26. The third-order valence-corrected chi connectivity index (χ3v) is 7.60. The molecule has 0 fully saturated rings. The Bertz CT molecular complexity index is 814. The van der Waals surface area contributed by atoms with Crippen molar-refractivity contribution in [1.29, 1.82) is 0 Å². The lowest BCUT2D eigenvalue weighted by molar-refractivity contribution is 0.0836. The number of unbranched alkanes of at least 4 members (excludes halogenated alkanes) is 2. The van der Waals surface area contributed by atoms with Gasteiger partial charge in [0.1, 0.15) is 18.1 Å². The van der Waals surface area contributed by atoms with Crippen LogP contribution in [0.5, 0.6) is 11.5 Å². The first kappa shape index (κ1) is 30.6. The quantitative estimate of drug-likeness (QED) is 0.145. The average Bonchev–Trinajstić information content (AvgIpc) is 2.88. The smallest absolute Gasteiger partial charge is 0.119 e. The molecule has 0 unspecified atom stereocenters. The number of ether oxygens (including phenoxy) is 3. The van der Waals surface area contributed by atoms with E-state index in [0.717, 1.165) is 56.1 Å². The van der Waals surface area contributed by atoms with Crippen LogP contribution < -0.4 is 9.47 Å². The number of rotatable bonds is 20. The van der Waals surface area contributed by atoms with Crippen molar-refractivity contribution in [3.63, 3.8) is 0 Å². The molecular formula is C30H46BNO3S. The number of hydrogen-bond donors (Lipinski definition) is 0. The van der Waals surface area contributed by atoms with E-state index in [9.17, 15) is 0 Å². The van der Waals surface area contributed by atoms with Crippen molar-refractivity contribution < 1.29 is 14.2 Å². The van der Waals surface area contributed by atoms with Crippen LogP contribution in [0.25, 0.3) is 0 Å². The van der Waals surface area contributed by atoms with Crippen molar-refractivity contribution in [3.8, 4) is 11.5 Å². The molecule has 0 amide bonds. The van der Waals surface area contributed by atoms with Crippen LogP contribution in [-0.4, -0.2) is 64.3 Å². The summed E-state index contributed by atoms with van der Waals surface area (Å²) in [6.07, 6.45) is 5.28. The molecule has 2 aromatic rings. The maximum absolute atomic E-state index is 5.88. The van der Waals surface area contributed by atoms with Crippen LogP contribution in [0.1, 0.15) is 57.6 Å². The fraction of sp³-hybridized carbons (Fsp3) is 0.600. The molecule has 0 saturated carbocycles. The van der Waals surface area contributed by atoms with Gasteiger partial charge in [-0.15, -0.1) is 0 Å². The van der Waals surface area contributed by atoms with Gasteiger partial charge in [-0.2, -0.15) is 11.8 Å². The van der Waals surface area contributed by atoms with Gasteiger partial charge in [0.2, 0.25) is 0 Å². The minimum Gasteiger partial charge on any atom is -0.494 e. The molecule has 0 aliphatic carbocycles. The highest BCUT2D eigenvalue weighted by atomic mass is 32.2. The van der Waals surface area contributed by atoms with Gasteiger partial charge in [0, 0.05) is 18.8 Å². The van der Waals surface area contributed by atoms with E-state index in [2.05, 4.69) is 80.9 Å². The minimum absolute atomic E-state index is 0.173. The van der Waals surface area contributed by atoms with Crippen molar-refractivity contribution in [3.05, 3.63) is 59.7 Å². The third-order valence-electron chi connectivity index (χ3n) is 6.10. The van der Waals surface area contributed by atoms with Gasteiger partial charge in [-0.05, 0) is 66.4 Å². The van der Waals surface area contributed by atoms with Crippen molar-refractivity contribution in [2.24, 2.45) is 0 Å². The fourth-order valence-corrected chi connectivity index (χ4v) is 5.03. The molecule has 36 heavy (non-hydrogen) atoms. The number of likely N-dealkylation sites (N-methyl/N-ethyl adjacent to an activating group) is 1. The lowest BCUT2D eigenvalue weighted by Gasteiger charge is -2.25. The summed E-state index contributed by atoms with van der Waals surface area (Å²) in [5.41, 5.74) is 2.80. The summed E-state index contributed by atoms with van der Waals surface area (Å²) in [6.45, 7) is 11.2. The standard InChI is InChI=1S/C30H46BNO3S/c1-5-6-23-36-25-30(2,3)27-11-15-29(16-12-27)35-22-21-33-20-18-32(4)24-26-9-13-28(14-10-26)34-19-8-7-17-31/h9-16H,5-8,17-25H2,1-4H3. The highest BCUT2D eigenvalue weighted by Crippen LogP contribution is 2.29. The number of benzene rings is 2. The summed E-state index contributed by atoms with van der Waals surface area (Å²) in [5.74, 6) is 4.21. The second-order valence-electron chi connectivity index (χ2n) is 10.0. The SMILES string of the molecule is [B]CCCCOc1ccc(CN(C)CCOCCOc2ccc(C(C)(C)CSCCCC)cc2)cc1. The molecule has 2 aromatic carbocycles. The van der Waals surface area contributed by atoms with Crippen LogP contribution in [-0.2, 0) is 16.7 Å². The zero-order valence-electron chi connectivity index (χ0n) is 23.0. The third kappa shape index (κ3) is 12.6. The molecule has 0 aliphatic rings. The molecule has 2 radical (unpaired) electrons. The molecule has 0 saturated heterocycles. The maximum atomic E-state index is 5.88. The molecular weight excluding hydrogens is 465 g/mol. The highest BCUT2D eigenvalue weighted by molar-refractivity contribution is 7.99. The second-order valence-corrected chi connectivity index (χ2v) is 11.1. The summed E-state index contributed by atoms with van der Waals surface area (Å²) in [6, 6.07) is 16.9. The summed E-state index contributed by atoms with van der Waals surface area (Å²) < 4.78 is 17.4. The van der Waals surface area contributed by atoms with Gasteiger partial charge in [0.05, 0.1) is 27.7 Å². The Balaban J connectivity index is 1.57. The van der Waals surface area contributed by atoms with Crippen molar-refractivity contribution >= 4 is 19.6 Å². The number of thioether (sulfide) groups is 1. The van der Waals surface area contributed by atoms with E-state index in [1.54, 1.807) is 0 Å². The topological polar surface area (TPSA) is 30.9 Å². The molecule has 4 nitrogen and oxygen atoms in total. The Morgan fingerprint density at radius 2 is 1.50 bits per heavy atom. The predicted molar refractivity (Wildman–Crippen MR) is 156 cm³/mol. The van der Waals surface area contributed by atoms with E-state index in [1.807, 2.05) is 12.1 Å². The van der Waals surface area contributed by atoms with Crippen LogP contribution in [0, 0.1) is 0 Å².